The van der Waals surface area contributed by atoms with Gasteiger partial charge in [-0.3, -0.25) is 0 Å². The van der Waals surface area contributed by atoms with E-state index in [4.69, 9.17) is 5.26 Å². The second-order valence-corrected chi connectivity index (χ2v) is 2.18. The van der Waals surface area contributed by atoms with Crippen molar-refractivity contribution in [1.82, 2.24) is 0 Å². The number of nitriles is 1. The van der Waals surface area contributed by atoms with Gasteiger partial charge in [-0.2, -0.15) is 9.65 Å². The molecule has 0 saturated heterocycles. The number of methoxy groups -OCH3 is 1. The first-order valence-electron chi connectivity index (χ1n) is 3.23. The quantitative estimate of drug-likeness (QED) is 0.630. The molecule has 0 atom stereocenters. The summed E-state index contributed by atoms with van der Waals surface area (Å²) in [4.78, 5) is 0. The topological polar surface area (TPSA) is 33.0 Å². The molecular weight excluding hydrogens is 183 g/mol. The predicted octanol–water partition coefficient (Wildman–Crippen LogP) is 1.98. The molecule has 0 saturated carbocycles. The van der Waals surface area contributed by atoms with Crippen molar-refractivity contribution >= 4 is 0 Å². The highest BCUT2D eigenvalue weighted by Gasteiger charge is 2.18. The third kappa shape index (κ3) is 1.43. The predicted molar refractivity (Wildman–Crippen MR) is 37.6 cm³/mol. The summed E-state index contributed by atoms with van der Waals surface area (Å²) >= 11 is 0. The Morgan fingerprint density at radius 2 is 1.92 bits per heavy atom. The summed E-state index contributed by atoms with van der Waals surface area (Å²) in [6.07, 6.45) is 0. The van der Waals surface area contributed by atoms with Crippen LogP contribution in [0.25, 0.3) is 0 Å². The normalized spacial score (nSPS) is 9.46. The van der Waals surface area contributed by atoms with Crippen molar-refractivity contribution in [2.24, 2.45) is 0 Å². The van der Waals surface area contributed by atoms with Crippen molar-refractivity contribution in [3.63, 3.8) is 0 Å². The molecule has 0 aliphatic carbocycles. The van der Waals surface area contributed by atoms with E-state index in [-0.39, 0.29) is 0 Å². The van der Waals surface area contributed by atoms with E-state index < -0.39 is 28.8 Å². The Hall–Kier alpha value is -1.70. The fourth-order valence-corrected chi connectivity index (χ4v) is 0.847. The summed E-state index contributed by atoms with van der Waals surface area (Å²) in [5, 5.41) is 8.27. The Balaban J connectivity index is 3.48. The summed E-state index contributed by atoms with van der Waals surface area (Å²) in [6.45, 7) is 0. The molecule has 5 heteroatoms. The van der Waals surface area contributed by atoms with Crippen LogP contribution in [-0.4, -0.2) is 7.11 Å². The maximum absolute atomic E-state index is 12.8. The summed E-state index contributed by atoms with van der Waals surface area (Å²) in [5.41, 5.74) is -0.684. The van der Waals surface area contributed by atoms with Gasteiger partial charge in [0.1, 0.15) is 6.07 Å². The lowest BCUT2D eigenvalue weighted by Crippen LogP contribution is -1.98. The van der Waals surface area contributed by atoms with Crippen molar-refractivity contribution in [3.05, 3.63) is 29.1 Å². The number of ether oxygens (including phenoxy) is 1. The number of benzene rings is 1. The Morgan fingerprint density at radius 1 is 1.31 bits per heavy atom. The molecule has 0 spiro atoms. The average Bonchev–Trinajstić information content (AvgIpc) is 2.12. The largest absolute Gasteiger partial charge is 0.491 e. The van der Waals surface area contributed by atoms with Crippen LogP contribution in [0.5, 0.6) is 5.75 Å². The molecule has 0 amide bonds. The molecule has 0 unspecified atom stereocenters. The van der Waals surface area contributed by atoms with Gasteiger partial charge in [0.15, 0.2) is 17.4 Å². The van der Waals surface area contributed by atoms with E-state index in [0.717, 1.165) is 7.11 Å². The first kappa shape index (κ1) is 9.39. The van der Waals surface area contributed by atoms with Crippen molar-refractivity contribution in [1.29, 1.82) is 5.26 Å². The molecule has 0 radical (unpaired) electrons. The van der Waals surface area contributed by atoms with E-state index in [2.05, 4.69) is 4.74 Å². The van der Waals surface area contributed by atoms with Crippen LogP contribution in [0.4, 0.5) is 13.2 Å². The molecule has 0 aliphatic heterocycles. The van der Waals surface area contributed by atoms with Gasteiger partial charge in [-0.25, -0.2) is 8.78 Å². The third-order valence-electron chi connectivity index (χ3n) is 1.44. The van der Waals surface area contributed by atoms with Crippen molar-refractivity contribution in [3.8, 4) is 11.8 Å². The molecule has 68 valence electrons. The minimum absolute atomic E-state index is 0.581. The lowest BCUT2D eigenvalue weighted by Gasteiger charge is -2.04. The van der Waals surface area contributed by atoms with Crippen molar-refractivity contribution in [2.75, 3.05) is 7.11 Å². The summed E-state index contributed by atoms with van der Waals surface area (Å²) < 4.78 is 42.7. The van der Waals surface area contributed by atoms with Crippen molar-refractivity contribution in [2.45, 2.75) is 0 Å². The molecule has 1 aromatic rings. The molecule has 0 N–H and O–H groups in total. The van der Waals surface area contributed by atoms with E-state index in [1.807, 2.05) is 0 Å². The average molecular weight is 187 g/mol. The van der Waals surface area contributed by atoms with Crippen LogP contribution in [0.2, 0.25) is 0 Å². The van der Waals surface area contributed by atoms with Gasteiger partial charge in [-0.1, -0.05) is 0 Å². The SMILES string of the molecule is COc1c(F)cc(C#N)c(F)c1F. The molecule has 2 nitrogen and oxygen atoms in total. The highest BCUT2D eigenvalue weighted by Crippen LogP contribution is 2.25. The third-order valence-corrected chi connectivity index (χ3v) is 1.44. The van der Waals surface area contributed by atoms with Crippen molar-refractivity contribution < 1.29 is 17.9 Å². The van der Waals surface area contributed by atoms with Crippen LogP contribution in [-0.2, 0) is 0 Å². The summed E-state index contributed by atoms with van der Waals surface area (Å²) in [5.74, 6) is -4.81. The van der Waals surface area contributed by atoms with Crippen LogP contribution in [0.1, 0.15) is 5.56 Å². The highest BCUT2D eigenvalue weighted by atomic mass is 19.2. The molecule has 13 heavy (non-hydrogen) atoms. The Labute approximate surface area is 72.2 Å². The van der Waals surface area contributed by atoms with Gasteiger partial charge in [0, 0.05) is 0 Å². The minimum atomic E-state index is -1.49. The first-order valence-corrected chi connectivity index (χ1v) is 3.23. The zero-order valence-electron chi connectivity index (χ0n) is 6.57. The van der Waals surface area contributed by atoms with Gasteiger partial charge in [-0.15, -0.1) is 0 Å². The number of hydrogen-bond acceptors (Lipinski definition) is 2. The van der Waals surface area contributed by atoms with E-state index in [1.165, 1.54) is 6.07 Å². The zero-order chi connectivity index (χ0) is 10.0. The second-order valence-electron chi connectivity index (χ2n) is 2.18. The molecule has 0 aliphatic rings. The van der Waals surface area contributed by atoms with Gasteiger partial charge >= 0.3 is 0 Å². The maximum atomic E-state index is 12.8. The summed E-state index contributed by atoms with van der Waals surface area (Å²) in [6, 6.07) is 1.90. The zero-order valence-corrected chi connectivity index (χ0v) is 6.57. The van der Waals surface area contributed by atoms with Gasteiger partial charge < -0.3 is 4.74 Å². The molecule has 0 heterocycles. The van der Waals surface area contributed by atoms with Gasteiger partial charge in [-0.05, 0) is 6.07 Å². The van der Waals surface area contributed by atoms with E-state index in [9.17, 15) is 13.2 Å². The number of halogens is 3. The van der Waals surface area contributed by atoms with Gasteiger partial charge in [0.2, 0.25) is 5.82 Å². The van der Waals surface area contributed by atoms with Crippen LogP contribution in [0.15, 0.2) is 6.07 Å². The Bertz CT molecular complexity index is 380. The molecule has 0 aromatic heterocycles. The first-order chi connectivity index (χ1) is 6.11. The fraction of sp³-hybridized carbons (Fsp3) is 0.125. The van der Waals surface area contributed by atoms with Crippen LogP contribution in [0.3, 0.4) is 0 Å². The van der Waals surface area contributed by atoms with E-state index >= 15 is 0 Å². The lowest BCUT2D eigenvalue weighted by molar-refractivity contribution is 0.346. The smallest absolute Gasteiger partial charge is 0.205 e. The molecule has 1 aromatic carbocycles. The Morgan fingerprint density at radius 3 is 2.38 bits per heavy atom. The van der Waals surface area contributed by atoms with Crippen LogP contribution >= 0.6 is 0 Å². The maximum Gasteiger partial charge on any atom is 0.205 e. The summed E-state index contributed by atoms with van der Waals surface area (Å²) in [7, 11) is 1.01. The van der Waals surface area contributed by atoms with Crippen LogP contribution < -0.4 is 4.74 Å². The Kier molecular flexibility index (Phi) is 2.42. The molecule has 1 rings (SSSR count). The molecular formula is C8H4F3NO. The lowest BCUT2D eigenvalue weighted by atomic mass is 10.2. The number of hydrogen-bond donors (Lipinski definition) is 0. The highest BCUT2D eigenvalue weighted by molar-refractivity contribution is 5.38. The van der Waals surface area contributed by atoms with Crippen LogP contribution in [0, 0.1) is 28.8 Å². The van der Waals surface area contributed by atoms with E-state index in [1.54, 1.807) is 0 Å². The van der Waals surface area contributed by atoms with Gasteiger partial charge in [0.25, 0.3) is 0 Å². The fourth-order valence-electron chi connectivity index (χ4n) is 0.847. The standard InChI is InChI=1S/C8H4F3NO/c1-13-8-5(9)2-4(3-12)6(10)7(8)11/h2H,1H3. The monoisotopic (exact) mass is 187 g/mol. The second kappa shape index (κ2) is 3.35. The number of nitrogens with zero attached hydrogens (tertiary/aromatic N) is 1. The minimum Gasteiger partial charge on any atom is -0.491 e. The van der Waals surface area contributed by atoms with Gasteiger partial charge in [0.05, 0.1) is 12.7 Å². The van der Waals surface area contributed by atoms with E-state index in [0.29, 0.717) is 6.07 Å². The molecule has 0 fully saturated rings. The molecule has 0 bridgehead atoms. The number of rotatable bonds is 1.